The molecule has 0 radical (unpaired) electrons. The minimum atomic E-state index is -0.358. The van der Waals surface area contributed by atoms with Crippen molar-refractivity contribution in [2.24, 2.45) is 11.8 Å². The molecule has 3 fully saturated rings. The Morgan fingerprint density at radius 3 is 2.32 bits per heavy atom. The zero-order valence-electron chi connectivity index (χ0n) is 14.6. The van der Waals surface area contributed by atoms with Gasteiger partial charge in [0.25, 0.3) is 0 Å². The summed E-state index contributed by atoms with van der Waals surface area (Å²) in [6, 6.07) is 0. The topological polar surface area (TPSA) is 26.7 Å². The van der Waals surface area contributed by atoms with Crippen LogP contribution in [0.4, 0.5) is 0 Å². The van der Waals surface area contributed by atoms with Crippen LogP contribution in [0.5, 0.6) is 0 Å². The molecule has 0 aromatic carbocycles. The van der Waals surface area contributed by atoms with Crippen molar-refractivity contribution in [3.63, 3.8) is 0 Å². The predicted molar refractivity (Wildman–Crippen MR) is 92.0 cm³/mol. The molecule has 2 unspecified atom stereocenters. The van der Waals surface area contributed by atoms with Crippen LogP contribution in [0, 0.1) is 11.8 Å². The van der Waals surface area contributed by atoms with Crippen molar-refractivity contribution >= 4 is 0 Å². The van der Waals surface area contributed by atoms with E-state index < -0.39 is 0 Å². The minimum Gasteiger partial charge on any atom is -0.390 e. The van der Waals surface area contributed by atoms with Gasteiger partial charge in [-0.1, -0.05) is 44.9 Å². The van der Waals surface area contributed by atoms with Crippen LogP contribution in [-0.4, -0.2) is 60.3 Å². The van der Waals surface area contributed by atoms with E-state index >= 15 is 0 Å². The van der Waals surface area contributed by atoms with E-state index in [9.17, 15) is 5.11 Å². The van der Waals surface area contributed by atoms with Gasteiger partial charge in [0, 0.05) is 38.6 Å². The largest absolute Gasteiger partial charge is 0.390 e. The van der Waals surface area contributed by atoms with Gasteiger partial charge in [0.2, 0.25) is 0 Å². The van der Waals surface area contributed by atoms with Gasteiger partial charge in [-0.25, -0.2) is 0 Å². The Morgan fingerprint density at radius 2 is 1.59 bits per heavy atom. The van der Waals surface area contributed by atoms with E-state index in [-0.39, 0.29) is 5.60 Å². The molecule has 2 atom stereocenters. The molecule has 0 amide bonds. The maximum Gasteiger partial charge on any atom is 0.0690 e. The van der Waals surface area contributed by atoms with Crippen molar-refractivity contribution in [3.05, 3.63) is 0 Å². The highest BCUT2D eigenvalue weighted by Gasteiger charge is 2.41. The van der Waals surface area contributed by atoms with Gasteiger partial charge in [0.15, 0.2) is 0 Å². The number of hydrogen-bond acceptors (Lipinski definition) is 3. The standard InChI is InChI=1S/C19H36N2O/c1-20-11-13-21(14-12-20)16-18-9-5-6-10-19(18,22)15-17-7-3-2-4-8-17/h17-18,22H,2-16H2,1H3. The van der Waals surface area contributed by atoms with Crippen molar-refractivity contribution in [1.82, 2.24) is 9.80 Å². The van der Waals surface area contributed by atoms with E-state index in [1.54, 1.807) is 0 Å². The number of likely N-dealkylation sites (N-methyl/N-ethyl adjacent to an activating group) is 1. The fourth-order valence-corrected chi connectivity index (χ4v) is 5.06. The summed E-state index contributed by atoms with van der Waals surface area (Å²) in [4.78, 5) is 5.04. The first-order valence-electron chi connectivity index (χ1n) is 9.79. The first kappa shape index (κ1) is 16.7. The molecule has 0 bridgehead atoms. The summed E-state index contributed by atoms with van der Waals surface area (Å²) >= 11 is 0. The van der Waals surface area contributed by atoms with E-state index in [1.807, 2.05) is 0 Å². The lowest BCUT2D eigenvalue weighted by Gasteiger charge is -2.45. The van der Waals surface area contributed by atoms with Crippen molar-refractivity contribution in [2.75, 3.05) is 39.8 Å². The van der Waals surface area contributed by atoms with E-state index in [0.29, 0.717) is 5.92 Å². The minimum absolute atomic E-state index is 0.358. The molecule has 3 rings (SSSR count). The number of aliphatic hydroxyl groups is 1. The van der Waals surface area contributed by atoms with Crippen LogP contribution in [0.15, 0.2) is 0 Å². The Balaban J connectivity index is 1.57. The Kier molecular flexibility index (Phi) is 5.80. The fraction of sp³-hybridized carbons (Fsp3) is 1.00. The third-order valence-electron chi connectivity index (χ3n) is 6.61. The monoisotopic (exact) mass is 308 g/mol. The highest BCUT2D eigenvalue weighted by molar-refractivity contribution is 4.94. The molecule has 3 aliphatic rings. The Bertz CT molecular complexity index is 334. The SMILES string of the molecule is CN1CCN(CC2CCCCC2(O)CC2CCCCC2)CC1. The highest BCUT2D eigenvalue weighted by Crippen LogP contribution is 2.42. The van der Waals surface area contributed by atoms with Crippen LogP contribution in [0.3, 0.4) is 0 Å². The maximum atomic E-state index is 11.4. The summed E-state index contributed by atoms with van der Waals surface area (Å²) < 4.78 is 0. The number of piperazine rings is 1. The summed E-state index contributed by atoms with van der Waals surface area (Å²) in [6.45, 7) is 5.89. The van der Waals surface area contributed by atoms with Gasteiger partial charge in [0.1, 0.15) is 0 Å². The molecule has 3 nitrogen and oxygen atoms in total. The zero-order valence-corrected chi connectivity index (χ0v) is 14.6. The molecule has 1 N–H and O–H groups in total. The normalized spacial score (nSPS) is 36.5. The molecule has 0 aromatic heterocycles. The summed E-state index contributed by atoms with van der Waals surface area (Å²) in [7, 11) is 2.22. The third-order valence-corrected chi connectivity index (χ3v) is 6.61. The van der Waals surface area contributed by atoms with Crippen LogP contribution in [0.25, 0.3) is 0 Å². The number of nitrogens with zero attached hydrogens (tertiary/aromatic N) is 2. The second-order valence-corrected chi connectivity index (χ2v) is 8.36. The van der Waals surface area contributed by atoms with Crippen LogP contribution in [0.1, 0.15) is 64.2 Å². The van der Waals surface area contributed by atoms with E-state index in [1.165, 1.54) is 77.5 Å². The van der Waals surface area contributed by atoms with E-state index in [4.69, 9.17) is 0 Å². The van der Waals surface area contributed by atoms with Gasteiger partial charge < -0.3 is 14.9 Å². The average Bonchev–Trinajstić information content (AvgIpc) is 2.53. The summed E-state index contributed by atoms with van der Waals surface area (Å²) in [5.41, 5.74) is -0.358. The molecule has 0 spiro atoms. The quantitative estimate of drug-likeness (QED) is 0.864. The van der Waals surface area contributed by atoms with Crippen LogP contribution in [-0.2, 0) is 0 Å². The third kappa shape index (κ3) is 4.24. The lowest BCUT2D eigenvalue weighted by molar-refractivity contribution is -0.0809. The van der Waals surface area contributed by atoms with Crippen LogP contribution < -0.4 is 0 Å². The second-order valence-electron chi connectivity index (χ2n) is 8.36. The summed E-state index contributed by atoms with van der Waals surface area (Å²) in [5, 5.41) is 11.4. The van der Waals surface area contributed by atoms with Gasteiger partial charge in [-0.15, -0.1) is 0 Å². The molecule has 22 heavy (non-hydrogen) atoms. The molecular weight excluding hydrogens is 272 g/mol. The molecule has 2 saturated carbocycles. The number of rotatable bonds is 4. The molecular formula is C19H36N2O. The Labute approximate surface area is 137 Å². The molecule has 1 saturated heterocycles. The Hall–Kier alpha value is -0.120. The lowest BCUT2D eigenvalue weighted by atomic mass is 9.68. The van der Waals surface area contributed by atoms with Gasteiger partial charge in [0.05, 0.1) is 5.60 Å². The molecule has 128 valence electrons. The lowest BCUT2D eigenvalue weighted by Crippen LogP contribution is -2.52. The fourth-order valence-electron chi connectivity index (χ4n) is 5.06. The van der Waals surface area contributed by atoms with Crippen molar-refractivity contribution in [3.8, 4) is 0 Å². The van der Waals surface area contributed by atoms with E-state index in [0.717, 1.165) is 25.3 Å². The first-order valence-corrected chi connectivity index (χ1v) is 9.79. The average molecular weight is 309 g/mol. The van der Waals surface area contributed by atoms with Crippen molar-refractivity contribution < 1.29 is 5.11 Å². The molecule has 2 aliphatic carbocycles. The molecule has 3 heteroatoms. The van der Waals surface area contributed by atoms with E-state index in [2.05, 4.69) is 16.8 Å². The van der Waals surface area contributed by atoms with Crippen LogP contribution in [0.2, 0.25) is 0 Å². The van der Waals surface area contributed by atoms with Crippen molar-refractivity contribution in [1.29, 1.82) is 0 Å². The maximum absolute atomic E-state index is 11.4. The molecule has 0 aromatic rings. The van der Waals surface area contributed by atoms with Crippen molar-refractivity contribution in [2.45, 2.75) is 69.8 Å². The highest BCUT2D eigenvalue weighted by atomic mass is 16.3. The zero-order chi connectivity index (χ0) is 15.4. The van der Waals surface area contributed by atoms with Gasteiger partial charge in [-0.2, -0.15) is 0 Å². The molecule has 1 heterocycles. The van der Waals surface area contributed by atoms with Gasteiger partial charge >= 0.3 is 0 Å². The number of hydrogen-bond donors (Lipinski definition) is 1. The first-order chi connectivity index (χ1) is 10.7. The summed E-state index contributed by atoms with van der Waals surface area (Å²) in [6.07, 6.45) is 12.9. The Morgan fingerprint density at radius 1 is 0.909 bits per heavy atom. The van der Waals surface area contributed by atoms with Gasteiger partial charge in [-0.3, -0.25) is 0 Å². The molecule has 1 aliphatic heterocycles. The summed E-state index contributed by atoms with van der Waals surface area (Å²) in [5.74, 6) is 1.32. The van der Waals surface area contributed by atoms with Gasteiger partial charge in [-0.05, 0) is 32.2 Å². The van der Waals surface area contributed by atoms with Crippen LogP contribution >= 0.6 is 0 Å². The predicted octanol–water partition coefficient (Wildman–Crippen LogP) is 3.13. The smallest absolute Gasteiger partial charge is 0.0690 e. The second kappa shape index (κ2) is 7.63.